The number of aromatic nitrogens is 4. The van der Waals surface area contributed by atoms with Gasteiger partial charge in [0.2, 0.25) is 0 Å². The van der Waals surface area contributed by atoms with Crippen LogP contribution in [0, 0.1) is 0 Å². The molecule has 0 bridgehead atoms. The number of rotatable bonds is 4. The zero-order valence-corrected chi connectivity index (χ0v) is 9.40. The van der Waals surface area contributed by atoms with Gasteiger partial charge in [-0.1, -0.05) is 0 Å². The monoisotopic (exact) mass is 241 g/mol. The molecule has 0 spiro atoms. The van der Waals surface area contributed by atoms with E-state index in [4.69, 9.17) is 0 Å². The molecule has 7 nitrogen and oxygen atoms in total. The van der Waals surface area contributed by atoms with Gasteiger partial charge in [0.05, 0.1) is 24.8 Å². The first-order chi connectivity index (χ1) is 7.59. The highest BCUT2D eigenvalue weighted by atomic mass is 32.2. The van der Waals surface area contributed by atoms with Crippen molar-refractivity contribution in [2.24, 2.45) is 7.05 Å². The summed E-state index contributed by atoms with van der Waals surface area (Å²) in [5.74, 6) is 0. The summed E-state index contributed by atoms with van der Waals surface area (Å²) < 4.78 is 27.4. The Morgan fingerprint density at radius 2 is 2.38 bits per heavy atom. The molecule has 0 amide bonds. The summed E-state index contributed by atoms with van der Waals surface area (Å²) in [6.45, 7) is 0.192. The molecule has 0 aliphatic rings. The quantitative estimate of drug-likeness (QED) is 0.763. The lowest BCUT2D eigenvalue weighted by Crippen LogP contribution is -2.24. The number of hydrogen-bond acceptors (Lipinski definition) is 4. The molecule has 2 heterocycles. The molecule has 2 N–H and O–H groups in total. The Balaban J connectivity index is 2.09. The van der Waals surface area contributed by atoms with Crippen molar-refractivity contribution in [3.8, 4) is 0 Å². The molecule has 16 heavy (non-hydrogen) atoms. The molecular weight excluding hydrogens is 230 g/mol. The van der Waals surface area contributed by atoms with Crippen LogP contribution in [0.15, 0.2) is 29.8 Å². The van der Waals surface area contributed by atoms with Crippen molar-refractivity contribution in [1.29, 1.82) is 0 Å². The Bertz CT molecular complexity index is 557. The molecule has 0 aliphatic heterocycles. The summed E-state index contributed by atoms with van der Waals surface area (Å²) in [5, 5.41) is 3.99. The average molecular weight is 241 g/mol. The van der Waals surface area contributed by atoms with Crippen LogP contribution in [0.5, 0.6) is 0 Å². The highest BCUT2D eigenvalue weighted by Crippen LogP contribution is 2.03. The zero-order valence-electron chi connectivity index (χ0n) is 8.58. The van der Waals surface area contributed by atoms with Gasteiger partial charge < -0.3 is 4.98 Å². The summed E-state index contributed by atoms with van der Waals surface area (Å²) in [7, 11) is -1.77. The topological polar surface area (TPSA) is 92.7 Å². The molecule has 0 aromatic carbocycles. The van der Waals surface area contributed by atoms with Gasteiger partial charge >= 0.3 is 0 Å². The van der Waals surface area contributed by atoms with Gasteiger partial charge in [-0.15, -0.1) is 0 Å². The van der Waals surface area contributed by atoms with E-state index in [0.717, 1.165) is 5.69 Å². The largest absolute Gasteiger partial charge is 0.335 e. The number of sulfonamides is 1. The molecule has 0 atom stereocenters. The number of imidazole rings is 1. The number of hydrogen-bond donors (Lipinski definition) is 2. The molecule has 0 unspecified atom stereocenters. The predicted octanol–water partition coefficient (Wildman–Crippen LogP) is -0.378. The predicted molar refractivity (Wildman–Crippen MR) is 55.8 cm³/mol. The van der Waals surface area contributed by atoms with E-state index in [1.54, 1.807) is 24.0 Å². The van der Waals surface area contributed by atoms with Crippen LogP contribution in [0.25, 0.3) is 0 Å². The Morgan fingerprint density at radius 1 is 1.56 bits per heavy atom. The summed E-state index contributed by atoms with van der Waals surface area (Å²) >= 11 is 0. The highest BCUT2D eigenvalue weighted by Gasteiger charge is 2.15. The van der Waals surface area contributed by atoms with Gasteiger partial charge in [0.15, 0.2) is 5.03 Å². The first-order valence-corrected chi connectivity index (χ1v) is 6.03. The van der Waals surface area contributed by atoms with Gasteiger partial charge in [-0.25, -0.2) is 18.1 Å². The smallest absolute Gasteiger partial charge is 0.257 e. The summed E-state index contributed by atoms with van der Waals surface area (Å²) in [6, 6.07) is 1.75. The van der Waals surface area contributed by atoms with E-state index in [1.165, 1.54) is 12.5 Å². The van der Waals surface area contributed by atoms with E-state index in [0.29, 0.717) is 0 Å². The fourth-order valence-electron chi connectivity index (χ4n) is 1.21. The van der Waals surface area contributed by atoms with Gasteiger partial charge in [0.25, 0.3) is 10.0 Å². The molecule has 86 valence electrons. The van der Waals surface area contributed by atoms with Crippen LogP contribution in [-0.2, 0) is 23.6 Å². The van der Waals surface area contributed by atoms with Crippen molar-refractivity contribution in [1.82, 2.24) is 24.5 Å². The van der Waals surface area contributed by atoms with E-state index in [2.05, 4.69) is 19.8 Å². The SMILES string of the molecule is Cn1nccc1CNS(=O)(=O)c1cnc[nH]1. The minimum atomic E-state index is -3.52. The molecule has 0 saturated carbocycles. The molecular formula is C8H11N5O2S. The maximum atomic E-state index is 11.7. The summed E-state index contributed by atoms with van der Waals surface area (Å²) in [5.41, 5.74) is 0.781. The van der Waals surface area contributed by atoms with Gasteiger partial charge in [-0.3, -0.25) is 4.68 Å². The maximum Gasteiger partial charge on any atom is 0.257 e. The van der Waals surface area contributed by atoms with Crippen molar-refractivity contribution >= 4 is 10.0 Å². The number of nitrogens with one attached hydrogen (secondary N) is 2. The van der Waals surface area contributed by atoms with Crippen LogP contribution in [0.2, 0.25) is 0 Å². The second-order valence-corrected chi connectivity index (χ2v) is 4.92. The van der Waals surface area contributed by atoms with E-state index < -0.39 is 10.0 Å². The van der Waals surface area contributed by atoms with Gasteiger partial charge in [0.1, 0.15) is 0 Å². The second kappa shape index (κ2) is 4.06. The first kappa shape index (κ1) is 10.8. The van der Waals surface area contributed by atoms with Crippen LogP contribution >= 0.6 is 0 Å². The molecule has 0 radical (unpaired) electrons. The van der Waals surface area contributed by atoms with E-state index in [9.17, 15) is 8.42 Å². The Hall–Kier alpha value is -1.67. The summed E-state index contributed by atoms with van der Waals surface area (Å²) in [4.78, 5) is 6.20. The van der Waals surface area contributed by atoms with Gasteiger partial charge in [-0.2, -0.15) is 5.10 Å². The lowest BCUT2D eigenvalue weighted by atomic mass is 10.4. The number of H-pyrrole nitrogens is 1. The number of aromatic amines is 1. The van der Waals surface area contributed by atoms with E-state index in [1.807, 2.05) is 0 Å². The van der Waals surface area contributed by atoms with Crippen molar-refractivity contribution in [2.75, 3.05) is 0 Å². The van der Waals surface area contributed by atoms with Crippen molar-refractivity contribution in [3.63, 3.8) is 0 Å². The van der Waals surface area contributed by atoms with E-state index in [-0.39, 0.29) is 11.6 Å². The molecule has 2 rings (SSSR count). The van der Waals surface area contributed by atoms with Crippen LogP contribution in [0.3, 0.4) is 0 Å². The average Bonchev–Trinajstić information content (AvgIpc) is 2.85. The summed E-state index contributed by atoms with van der Waals surface area (Å²) in [6.07, 6.45) is 4.18. The number of aryl methyl sites for hydroxylation is 1. The molecule has 0 saturated heterocycles. The molecule has 2 aromatic rings. The molecule has 0 fully saturated rings. The van der Waals surface area contributed by atoms with Crippen LogP contribution in [0.4, 0.5) is 0 Å². The Kier molecular flexibility index (Phi) is 2.75. The third-order valence-corrected chi connectivity index (χ3v) is 3.46. The molecule has 0 aliphatic carbocycles. The van der Waals surface area contributed by atoms with Crippen molar-refractivity contribution in [2.45, 2.75) is 11.6 Å². The molecule has 8 heteroatoms. The van der Waals surface area contributed by atoms with Crippen molar-refractivity contribution < 1.29 is 8.42 Å². The van der Waals surface area contributed by atoms with Gasteiger partial charge in [0, 0.05) is 13.2 Å². The number of nitrogens with zero attached hydrogens (tertiary/aromatic N) is 3. The Morgan fingerprint density at radius 3 is 2.94 bits per heavy atom. The standard InChI is InChI=1S/C8H11N5O2S/c1-13-7(2-3-11-13)4-12-16(14,15)8-5-9-6-10-8/h2-3,5-6,12H,4H2,1H3,(H,9,10). The maximum absolute atomic E-state index is 11.7. The van der Waals surface area contributed by atoms with Crippen LogP contribution < -0.4 is 4.72 Å². The lowest BCUT2D eigenvalue weighted by molar-refractivity contribution is 0.574. The zero-order chi connectivity index (χ0) is 11.6. The van der Waals surface area contributed by atoms with Gasteiger partial charge in [-0.05, 0) is 6.07 Å². The fraction of sp³-hybridized carbons (Fsp3) is 0.250. The third kappa shape index (κ3) is 2.12. The van der Waals surface area contributed by atoms with Crippen LogP contribution in [0.1, 0.15) is 5.69 Å². The highest BCUT2D eigenvalue weighted by molar-refractivity contribution is 7.89. The first-order valence-electron chi connectivity index (χ1n) is 4.54. The Labute approximate surface area is 92.6 Å². The van der Waals surface area contributed by atoms with Crippen molar-refractivity contribution in [3.05, 3.63) is 30.5 Å². The van der Waals surface area contributed by atoms with E-state index >= 15 is 0 Å². The molecule has 2 aromatic heterocycles. The minimum Gasteiger partial charge on any atom is -0.335 e. The minimum absolute atomic E-state index is 0.0506. The third-order valence-electron chi connectivity index (χ3n) is 2.13. The fourth-order valence-corrected chi connectivity index (χ4v) is 2.11. The second-order valence-electron chi connectivity index (χ2n) is 3.19. The lowest BCUT2D eigenvalue weighted by Gasteiger charge is -2.04. The normalized spacial score (nSPS) is 11.8. The van der Waals surface area contributed by atoms with Crippen LogP contribution in [-0.4, -0.2) is 28.2 Å².